The third-order valence-corrected chi connectivity index (χ3v) is 6.51. The maximum absolute atomic E-state index is 13.1. The Morgan fingerprint density at radius 2 is 1.58 bits per heavy atom. The first-order valence-electron chi connectivity index (χ1n) is 11.7. The molecule has 2 fully saturated rings. The third-order valence-electron chi connectivity index (χ3n) is 6.51. The van der Waals surface area contributed by atoms with Crippen molar-refractivity contribution in [3.05, 3.63) is 71.0 Å². The maximum Gasteiger partial charge on any atom is 0.224 e. The quantitative estimate of drug-likeness (QED) is 0.720. The lowest BCUT2D eigenvalue weighted by molar-refractivity contribution is -0.126. The first kappa shape index (κ1) is 22.0. The van der Waals surface area contributed by atoms with Crippen molar-refractivity contribution in [2.75, 3.05) is 26.2 Å². The topological polar surface area (TPSA) is 35.6 Å². The molecule has 4 nitrogen and oxygen atoms in total. The fourth-order valence-corrected chi connectivity index (χ4v) is 4.81. The molecular weight excluding hydrogens is 389 g/mol. The van der Waals surface area contributed by atoms with Crippen LogP contribution in [0.4, 0.5) is 4.39 Å². The highest BCUT2D eigenvalue weighted by molar-refractivity contribution is 5.79. The summed E-state index contributed by atoms with van der Waals surface area (Å²) in [5.74, 6) is -0.0457. The van der Waals surface area contributed by atoms with Gasteiger partial charge in [-0.2, -0.15) is 0 Å². The normalized spacial score (nSPS) is 20.5. The summed E-state index contributed by atoms with van der Waals surface area (Å²) < 4.78 is 13.1. The minimum atomic E-state index is -0.209. The standard InChI is InChI=1S/C26H34FN3O/c27-25-11-9-21(10-12-25)18-30-15-5-8-24(20-30)26(31)28-17-22-6-4-7-23(16-22)19-29-13-2-1-3-14-29/h4,6-7,9-12,16,24H,1-3,5,8,13-15,17-20H2,(H,28,31)/t24-/m0/s1. The van der Waals surface area contributed by atoms with Crippen molar-refractivity contribution in [2.45, 2.75) is 51.7 Å². The van der Waals surface area contributed by atoms with E-state index >= 15 is 0 Å². The van der Waals surface area contributed by atoms with Crippen LogP contribution in [0.25, 0.3) is 0 Å². The summed E-state index contributed by atoms with van der Waals surface area (Å²) in [6.45, 7) is 6.48. The van der Waals surface area contributed by atoms with Gasteiger partial charge in [-0.3, -0.25) is 14.6 Å². The average Bonchev–Trinajstić information content (AvgIpc) is 2.80. The zero-order chi connectivity index (χ0) is 21.5. The minimum Gasteiger partial charge on any atom is -0.352 e. The van der Waals surface area contributed by atoms with Gasteiger partial charge in [0, 0.05) is 26.2 Å². The summed E-state index contributed by atoms with van der Waals surface area (Å²) in [5.41, 5.74) is 3.59. The largest absolute Gasteiger partial charge is 0.352 e. The zero-order valence-corrected chi connectivity index (χ0v) is 18.4. The molecule has 2 aromatic carbocycles. The van der Waals surface area contributed by atoms with Gasteiger partial charge in [0.15, 0.2) is 0 Å². The van der Waals surface area contributed by atoms with E-state index in [2.05, 4.69) is 39.4 Å². The summed E-state index contributed by atoms with van der Waals surface area (Å²) in [6, 6.07) is 15.3. The Morgan fingerprint density at radius 1 is 0.871 bits per heavy atom. The molecule has 1 atom stereocenters. The number of hydrogen-bond donors (Lipinski definition) is 1. The lowest BCUT2D eigenvalue weighted by Crippen LogP contribution is -2.42. The van der Waals surface area contributed by atoms with E-state index in [1.54, 1.807) is 0 Å². The number of piperidine rings is 2. The van der Waals surface area contributed by atoms with Gasteiger partial charge < -0.3 is 5.32 Å². The number of carbonyl (C=O) groups excluding carboxylic acids is 1. The Morgan fingerprint density at radius 3 is 2.39 bits per heavy atom. The van der Waals surface area contributed by atoms with Gasteiger partial charge in [0.25, 0.3) is 0 Å². The number of carbonyl (C=O) groups is 1. The van der Waals surface area contributed by atoms with Crippen LogP contribution in [0.3, 0.4) is 0 Å². The van der Waals surface area contributed by atoms with E-state index in [1.807, 2.05) is 12.1 Å². The number of hydrogen-bond acceptors (Lipinski definition) is 3. The van der Waals surface area contributed by atoms with E-state index < -0.39 is 0 Å². The molecule has 1 N–H and O–H groups in total. The highest BCUT2D eigenvalue weighted by atomic mass is 19.1. The Kier molecular flexibility index (Phi) is 7.71. The van der Waals surface area contributed by atoms with Crippen molar-refractivity contribution in [3.8, 4) is 0 Å². The minimum absolute atomic E-state index is 0.0192. The summed E-state index contributed by atoms with van der Waals surface area (Å²) in [7, 11) is 0. The van der Waals surface area contributed by atoms with Crippen LogP contribution in [-0.2, 0) is 24.4 Å². The Labute approximate surface area is 185 Å². The second kappa shape index (κ2) is 10.9. The summed E-state index contributed by atoms with van der Waals surface area (Å²) in [6.07, 6.45) is 5.90. The van der Waals surface area contributed by atoms with Crippen molar-refractivity contribution in [1.82, 2.24) is 15.1 Å². The van der Waals surface area contributed by atoms with Crippen molar-refractivity contribution in [3.63, 3.8) is 0 Å². The van der Waals surface area contributed by atoms with Crippen molar-refractivity contribution in [2.24, 2.45) is 5.92 Å². The van der Waals surface area contributed by atoms with Crippen LogP contribution in [-0.4, -0.2) is 41.9 Å². The second-order valence-corrected chi connectivity index (χ2v) is 9.08. The van der Waals surface area contributed by atoms with Crippen molar-refractivity contribution < 1.29 is 9.18 Å². The Hall–Kier alpha value is -2.24. The Bertz CT molecular complexity index is 848. The van der Waals surface area contributed by atoms with Gasteiger partial charge in [0.05, 0.1) is 5.92 Å². The predicted molar refractivity (Wildman–Crippen MR) is 122 cm³/mol. The second-order valence-electron chi connectivity index (χ2n) is 9.08. The molecule has 2 aromatic rings. The van der Waals surface area contributed by atoms with Crippen molar-refractivity contribution in [1.29, 1.82) is 0 Å². The molecule has 0 unspecified atom stereocenters. The van der Waals surface area contributed by atoms with E-state index in [4.69, 9.17) is 0 Å². The van der Waals surface area contributed by atoms with E-state index in [0.717, 1.165) is 44.6 Å². The van der Waals surface area contributed by atoms with Crippen LogP contribution in [0.2, 0.25) is 0 Å². The molecule has 5 heteroatoms. The van der Waals surface area contributed by atoms with Gasteiger partial charge in [-0.15, -0.1) is 0 Å². The van der Waals surface area contributed by atoms with Gasteiger partial charge in [-0.25, -0.2) is 4.39 Å². The molecule has 31 heavy (non-hydrogen) atoms. The molecule has 2 aliphatic heterocycles. The van der Waals surface area contributed by atoms with Crippen molar-refractivity contribution >= 4 is 5.91 Å². The highest BCUT2D eigenvalue weighted by Gasteiger charge is 2.25. The monoisotopic (exact) mass is 423 g/mol. The van der Waals surface area contributed by atoms with E-state index in [1.165, 1.54) is 55.6 Å². The lowest BCUT2D eigenvalue weighted by atomic mass is 9.96. The summed E-state index contributed by atoms with van der Waals surface area (Å²) in [5, 5.41) is 3.16. The van der Waals surface area contributed by atoms with Crippen LogP contribution in [0.5, 0.6) is 0 Å². The molecule has 0 spiro atoms. The van der Waals surface area contributed by atoms with Gasteiger partial charge in [-0.05, 0) is 74.1 Å². The molecule has 4 rings (SSSR count). The summed E-state index contributed by atoms with van der Waals surface area (Å²) >= 11 is 0. The van der Waals surface area contributed by atoms with E-state index in [9.17, 15) is 9.18 Å². The lowest BCUT2D eigenvalue weighted by Gasteiger charge is -2.32. The number of benzene rings is 2. The molecule has 2 aliphatic rings. The third kappa shape index (κ3) is 6.62. The average molecular weight is 424 g/mol. The summed E-state index contributed by atoms with van der Waals surface area (Å²) in [4.78, 5) is 17.7. The van der Waals surface area contributed by atoms with Gasteiger partial charge in [0.1, 0.15) is 5.82 Å². The van der Waals surface area contributed by atoms with E-state index in [0.29, 0.717) is 6.54 Å². The molecule has 0 radical (unpaired) electrons. The maximum atomic E-state index is 13.1. The van der Waals surface area contributed by atoms with Crippen LogP contribution >= 0.6 is 0 Å². The number of nitrogens with zero attached hydrogens (tertiary/aromatic N) is 2. The van der Waals surface area contributed by atoms with Crippen LogP contribution in [0.15, 0.2) is 48.5 Å². The van der Waals surface area contributed by atoms with Gasteiger partial charge in [-0.1, -0.05) is 42.8 Å². The number of amides is 1. The van der Waals surface area contributed by atoms with Crippen LogP contribution in [0.1, 0.15) is 48.8 Å². The fourth-order valence-electron chi connectivity index (χ4n) is 4.81. The number of likely N-dealkylation sites (tertiary alicyclic amines) is 2. The molecule has 0 aromatic heterocycles. The van der Waals surface area contributed by atoms with Crippen LogP contribution in [0, 0.1) is 11.7 Å². The molecule has 2 heterocycles. The Balaban J connectivity index is 1.26. The number of rotatable bonds is 7. The molecule has 0 bridgehead atoms. The van der Waals surface area contributed by atoms with Gasteiger partial charge in [0.2, 0.25) is 5.91 Å². The van der Waals surface area contributed by atoms with E-state index in [-0.39, 0.29) is 17.6 Å². The molecule has 2 saturated heterocycles. The highest BCUT2D eigenvalue weighted by Crippen LogP contribution is 2.20. The first-order chi connectivity index (χ1) is 15.2. The molecule has 0 saturated carbocycles. The number of nitrogens with one attached hydrogen (secondary N) is 1. The number of halogens is 1. The fraction of sp³-hybridized carbons (Fsp3) is 0.500. The predicted octanol–water partition coefficient (Wildman–Crippen LogP) is 4.34. The molecule has 1 amide bonds. The van der Waals surface area contributed by atoms with Gasteiger partial charge >= 0.3 is 0 Å². The smallest absolute Gasteiger partial charge is 0.224 e. The SMILES string of the molecule is O=C(NCc1cccc(CN2CCCCC2)c1)[C@H]1CCCN(Cc2ccc(F)cc2)C1. The molecule has 166 valence electrons. The first-order valence-corrected chi connectivity index (χ1v) is 11.7. The van der Waals surface area contributed by atoms with Crippen LogP contribution < -0.4 is 5.32 Å². The molecular formula is C26H34FN3O. The zero-order valence-electron chi connectivity index (χ0n) is 18.4. The molecule has 0 aliphatic carbocycles.